The van der Waals surface area contributed by atoms with Crippen LogP contribution >= 0.6 is 0 Å². The zero-order valence-corrected chi connectivity index (χ0v) is 13.5. The van der Waals surface area contributed by atoms with Gasteiger partial charge in [-0.05, 0) is 50.0 Å². The number of hydrogen-bond acceptors (Lipinski definition) is 4. The number of non-ortho nitro benzene ring substituents is 1. The minimum atomic E-state index is -0.466. The van der Waals surface area contributed by atoms with E-state index in [9.17, 15) is 14.9 Å². The molecule has 0 saturated heterocycles. The van der Waals surface area contributed by atoms with Crippen LogP contribution in [0.25, 0.3) is 10.9 Å². The van der Waals surface area contributed by atoms with Crippen molar-refractivity contribution >= 4 is 22.5 Å². The average Bonchev–Trinajstić information content (AvgIpc) is 3.28. The number of H-pyrrole nitrogens is 1. The number of aromatic amines is 1. The smallest absolute Gasteiger partial charge is 0.272 e. The molecule has 4 unspecified atom stereocenters. The molecule has 24 heavy (non-hydrogen) atoms. The van der Waals surface area contributed by atoms with Gasteiger partial charge in [0.15, 0.2) is 5.69 Å². The van der Waals surface area contributed by atoms with Crippen molar-refractivity contribution in [3.63, 3.8) is 0 Å². The van der Waals surface area contributed by atoms with Crippen LogP contribution in [0.2, 0.25) is 0 Å². The van der Waals surface area contributed by atoms with Crippen LogP contribution in [-0.2, 0) is 0 Å². The Morgan fingerprint density at radius 1 is 1.42 bits per heavy atom. The van der Waals surface area contributed by atoms with E-state index in [-0.39, 0.29) is 23.3 Å². The molecule has 2 fully saturated rings. The lowest BCUT2D eigenvalue weighted by Gasteiger charge is -2.28. The van der Waals surface area contributed by atoms with Gasteiger partial charge in [-0.25, -0.2) is 0 Å². The zero-order valence-electron chi connectivity index (χ0n) is 13.5. The van der Waals surface area contributed by atoms with Crippen molar-refractivity contribution in [2.45, 2.75) is 38.6 Å². The molecule has 1 amide bonds. The van der Waals surface area contributed by atoms with Gasteiger partial charge in [0.2, 0.25) is 0 Å². The van der Waals surface area contributed by atoms with E-state index in [1.807, 2.05) is 0 Å². The lowest BCUT2D eigenvalue weighted by molar-refractivity contribution is -0.384. The van der Waals surface area contributed by atoms with Gasteiger partial charge in [0.1, 0.15) is 0 Å². The first-order valence-corrected chi connectivity index (χ1v) is 8.46. The van der Waals surface area contributed by atoms with Crippen LogP contribution in [0.1, 0.15) is 43.1 Å². The van der Waals surface area contributed by atoms with E-state index in [1.54, 1.807) is 6.07 Å². The number of aromatic nitrogens is 2. The number of rotatable bonds is 4. The van der Waals surface area contributed by atoms with Crippen LogP contribution in [0.4, 0.5) is 5.69 Å². The van der Waals surface area contributed by atoms with Gasteiger partial charge in [0, 0.05) is 23.6 Å². The summed E-state index contributed by atoms with van der Waals surface area (Å²) in [5, 5.41) is 21.3. The molecule has 2 aromatic rings. The fourth-order valence-corrected chi connectivity index (χ4v) is 4.58. The van der Waals surface area contributed by atoms with Gasteiger partial charge in [-0.1, -0.05) is 6.42 Å². The third kappa shape index (κ3) is 2.44. The largest absolute Gasteiger partial charge is 0.348 e. The summed E-state index contributed by atoms with van der Waals surface area (Å²) in [5.74, 6) is 1.82. The molecule has 4 rings (SSSR count). The second-order valence-corrected chi connectivity index (χ2v) is 7.16. The van der Waals surface area contributed by atoms with Crippen molar-refractivity contribution < 1.29 is 9.72 Å². The SMILES string of the molecule is CC(NC(=O)c1n[nH]c2ccc([N+](=O)[O-])cc12)C1CC2CCC1C2. The summed E-state index contributed by atoms with van der Waals surface area (Å²) in [4.78, 5) is 23.1. The van der Waals surface area contributed by atoms with Crippen molar-refractivity contribution in [2.24, 2.45) is 17.8 Å². The summed E-state index contributed by atoms with van der Waals surface area (Å²) in [6.07, 6.45) is 5.09. The van der Waals surface area contributed by atoms with Gasteiger partial charge in [0.05, 0.1) is 10.4 Å². The normalized spacial score (nSPS) is 26.6. The Morgan fingerprint density at radius 3 is 2.92 bits per heavy atom. The van der Waals surface area contributed by atoms with Crippen LogP contribution in [0.15, 0.2) is 18.2 Å². The molecule has 7 heteroatoms. The molecule has 2 aliphatic rings. The summed E-state index contributed by atoms with van der Waals surface area (Å²) in [6, 6.07) is 4.48. The lowest BCUT2D eigenvalue weighted by Crippen LogP contribution is -2.40. The minimum Gasteiger partial charge on any atom is -0.348 e. The molecular weight excluding hydrogens is 308 g/mol. The Hall–Kier alpha value is -2.44. The van der Waals surface area contributed by atoms with E-state index >= 15 is 0 Å². The highest BCUT2D eigenvalue weighted by atomic mass is 16.6. The van der Waals surface area contributed by atoms with Crippen molar-refractivity contribution in [1.82, 2.24) is 15.5 Å². The fraction of sp³-hybridized carbons (Fsp3) is 0.529. The number of nitrogens with one attached hydrogen (secondary N) is 2. The number of carbonyl (C=O) groups is 1. The van der Waals surface area contributed by atoms with Crippen molar-refractivity contribution in [3.8, 4) is 0 Å². The first-order valence-electron chi connectivity index (χ1n) is 8.46. The molecule has 1 heterocycles. The maximum absolute atomic E-state index is 12.6. The van der Waals surface area contributed by atoms with Crippen molar-refractivity contribution in [3.05, 3.63) is 34.0 Å². The number of benzene rings is 1. The molecule has 2 bridgehead atoms. The van der Waals surface area contributed by atoms with Gasteiger partial charge in [-0.3, -0.25) is 20.0 Å². The quantitative estimate of drug-likeness (QED) is 0.665. The van der Waals surface area contributed by atoms with Crippen molar-refractivity contribution in [1.29, 1.82) is 0 Å². The molecule has 1 aromatic carbocycles. The number of amides is 1. The van der Waals surface area contributed by atoms with Crippen LogP contribution in [0.3, 0.4) is 0 Å². The van der Waals surface area contributed by atoms with Gasteiger partial charge in [0.25, 0.3) is 11.6 Å². The molecular formula is C17H20N4O3. The molecule has 2 aliphatic carbocycles. The summed E-state index contributed by atoms with van der Waals surface area (Å²) < 4.78 is 0. The maximum Gasteiger partial charge on any atom is 0.272 e. The molecule has 126 valence electrons. The molecule has 0 radical (unpaired) electrons. The highest BCUT2D eigenvalue weighted by Crippen LogP contribution is 2.49. The highest BCUT2D eigenvalue weighted by Gasteiger charge is 2.42. The van der Waals surface area contributed by atoms with Gasteiger partial charge in [-0.15, -0.1) is 0 Å². The average molecular weight is 328 g/mol. The molecule has 2 N–H and O–H groups in total. The number of fused-ring (bicyclic) bond motifs is 3. The van der Waals surface area contributed by atoms with E-state index in [4.69, 9.17) is 0 Å². The Labute approximate surface area is 139 Å². The number of nitro groups is 1. The van der Waals surface area contributed by atoms with E-state index in [0.717, 1.165) is 11.8 Å². The third-order valence-electron chi connectivity index (χ3n) is 5.77. The fourth-order valence-electron chi connectivity index (χ4n) is 4.58. The van der Waals surface area contributed by atoms with Crippen molar-refractivity contribution in [2.75, 3.05) is 0 Å². The molecule has 1 aromatic heterocycles. The van der Waals surface area contributed by atoms with Crippen LogP contribution in [0.5, 0.6) is 0 Å². The van der Waals surface area contributed by atoms with E-state index in [2.05, 4.69) is 22.4 Å². The monoisotopic (exact) mass is 328 g/mol. The highest BCUT2D eigenvalue weighted by molar-refractivity contribution is 6.05. The third-order valence-corrected chi connectivity index (χ3v) is 5.77. The number of nitro benzene ring substituents is 1. The van der Waals surface area contributed by atoms with E-state index in [0.29, 0.717) is 16.8 Å². The summed E-state index contributed by atoms with van der Waals surface area (Å²) in [6.45, 7) is 2.06. The van der Waals surface area contributed by atoms with Gasteiger partial charge in [-0.2, -0.15) is 5.10 Å². The first-order chi connectivity index (χ1) is 11.5. The first kappa shape index (κ1) is 15.1. The minimum absolute atomic E-state index is 0.0425. The molecule has 0 spiro atoms. The second-order valence-electron chi connectivity index (χ2n) is 7.16. The second kappa shape index (κ2) is 5.58. The molecule has 7 nitrogen and oxygen atoms in total. The predicted molar refractivity (Wildman–Crippen MR) is 88.6 cm³/mol. The number of hydrogen-bond donors (Lipinski definition) is 2. The standard InChI is InChI=1S/C17H20N4O3/c1-9(13-7-10-2-3-11(13)6-10)18-17(22)16-14-8-12(21(23)24)4-5-15(14)19-20-16/h4-5,8-11,13H,2-3,6-7H2,1H3,(H,18,22)(H,19,20). The Bertz CT molecular complexity index is 815. The zero-order chi connectivity index (χ0) is 16.8. The Balaban J connectivity index is 1.54. The number of nitrogens with zero attached hydrogens (tertiary/aromatic N) is 2. The van der Waals surface area contributed by atoms with Gasteiger partial charge >= 0.3 is 0 Å². The Kier molecular flexibility index (Phi) is 3.51. The maximum atomic E-state index is 12.6. The summed E-state index contributed by atoms with van der Waals surface area (Å²) in [7, 11) is 0. The van der Waals surface area contributed by atoms with E-state index < -0.39 is 4.92 Å². The molecule has 0 aliphatic heterocycles. The van der Waals surface area contributed by atoms with E-state index in [1.165, 1.54) is 37.8 Å². The predicted octanol–water partition coefficient (Wildman–Crippen LogP) is 3.03. The Morgan fingerprint density at radius 2 is 2.25 bits per heavy atom. The van der Waals surface area contributed by atoms with Crippen LogP contribution in [0, 0.1) is 27.9 Å². The van der Waals surface area contributed by atoms with Gasteiger partial charge < -0.3 is 5.32 Å². The summed E-state index contributed by atoms with van der Waals surface area (Å²) >= 11 is 0. The van der Waals surface area contributed by atoms with Crippen LogP contribution < -0.4 is 5.32 Å². The molecule has 4 atom stereocenters. The molecule has 2 saturated carbocycles. The number of carbonyl (C=O) groups excluding carboxylic acids is 1. The van der Waals surface area contributed by atoms with Crippen LogP contribution in [-0.4, -0.2) is 27.1 Å². The lowest BCUT2D eigenvalue weighted by atomic mass is 9.84. The summed E-state index contributed by atoms with van der Waals surface area (Å²) in [5.41, 5.74) is 0.807. The topological polar surface area (TPSA) is 101 Å².